The summed E-state index contributed by atoms with van der Waals surface area (Å²) in [5.41, 5.74) is 1.72. The molecule has 1 atom stereocenters. The summed E-state index contributed by atoms with van der Waals surface area (Å²) in [6.45, 7) is 2.03. The minimum Gasteiger partial charge on any atom is -0.460 e. The van der Waals surface area contributed by atoms with Crippen molar-refractivity contribution in [3.8, 4) is 0 Å². The zero-order valence-corrected chi connectivity index (χ0v) is 18.2. The lowest BCUT2D eigenvalue weighted by Gasteiger charge is -2.18. The molecule has 5 nitrogen and oxygen atoms in total. The number of nitrogens with one attached hydrogen (secondary N) is 1. The summed E-state index contributed by atoms with van der Waals surface area (Å²) in [6, 6.07) is 16.0. The normalized spacial score (nSPS) is 12.5. The molecule has 0 aliphatic carbocycles. The third-order valence-electron chi connectivity index (χ3n) is 3.95. The van der Waals surface area contributed by atoms with E-state index in [9.17, 15) is 13.2 Å². The summed E-state index contributed by atoms with van der Waals surface area (Å²) >= 11 is 2.20. The molecule has 0 amide bonds. The first-order valence-corrected chi connectivity index (χ1v) is 11.6. The van der Waals surface area contributed by atoms with Gasteiger partial charge in [0.15, 0.2) is 0 Å². The molecule has 0 heterocycles. The number of hydrogen-bond donors (Lipinski definition) is 1. The third kappa shape index (κ3) is 7.98. The molecule has 2 aromatic rings. The van der Waals surface area contributed by atoms with Gasteiger partial charge in [-0.2, -0.15) is 0 Å². The molecular formula is C20H24INO4S. The van der Waals surface area contributed by atoms with Gasteiger partial charge in [0.1, 0.15) is 12.6 Å². The highest BCUT2D eigenvalue weighted by Gasteiger charge is 2.26. The van der Waals surface area contributed by atoms with Crippen molar-refractivity contribution in [3.63, 3.8) is 0 Å². The van der Waals surface area contributed by atoms with Crippen LogP contribution in [0.1, 0.15) is 30.9 Å². The van der Waals surface area contributed by atoms with Crippen molar-refractivity contribution in [3.05, 3.63) is 69.3 Å². The van der Waals surface area contributed by atoms with Crippen LogP contribution in [-0.4, -0.2) is 26.2 Å². The number of ether oxygens (including phenoxy) is 1. The fourth-order valence-electron chi connectivity index (χ4n) is 2.47. The molecule has 27 heavy (non-hydrogen) atoms. The fraction of sp³-hybridized carbons (Fsp3) is 0.350. The Morgan fingerprint density at radius 1 is 1.07 bits per heavy atom. The van der Waals surface area contributed by atoms with Gasteiger partial charge >= 0.3 is 5.97 Å². The number of unbranched alkanes of at least 4 members (excludes halogenated alkanes) is 1. The van der Waals surface area contributed by atoms with Crippen LogP contribution in [0.2, 0.25) is 0 Å². The highest BCUT2D eigenvalue weighted by molar-refractivity contribution is 14.1. The van der Waals surface area contributed by atoms with Crippen molar-refractivity contribution >= 4 is 38.6 Å². The number of carbonyl (C=O) groups excluding carboxylic acids is 1. The Kier molecular flexibility index (Phi) is 8.72. The first kappa shape index (κ1) is 21.8. The summed E-state index contributed by atoms with van der Waals surface area (Å²) in [4.78, 5) is 12.6. The lowest BCUT2D eigenvalue weighted by atomic mass is 10.1. The quantitative estimate of drug-likeness (QED) is 0.399. The molecule has 2 aromatic carbocycles. The minimum atomic E-state index is -3.55. The average Bonchev–Trinajstić information content (AvgIpc) is 2.66. The minimum absolute atomic E-state index is 0.00134. The van der Waals surface area contributed by atoms with Crippen LogP contribution in [0.25, 0.3) is 0 Å². The molecule has 1 N–H and O–H groups in total. The zero-order chi connectivity index (χ0) is 19.7. The predicted octanol–water partition coefficient (Wildman–Crippen LogP) is 3.67. The first-order chi connectivity index (χ1) is 12.9. The van der Waals surface area contributed by atoms with Gasteiger partial charge in [-0.05, 0) is 58.7 Å². The lowest BCUT2D eigenvalue weighted by molar-refractivity contribution is -0.147. The van der Waals surface area contributed by atoms with E-state index in [1.165, 1.54) is 0 Å². The second-order valence-corrected chi connectivity index (χ2v) is 9.39. The van der Waals surface area contributed by atoms with Crippen LogP contribution in [0.4, 0.5) is 0 Å². The van der Waals surface area contributed by atoms with Gasteiger partial charge < -0.3 is 4.74 Å². The summed E-state index contributed by atoms with van der Waals surface area (Å²) in [7, 11) is -3.55. The number of hydrogen-bond acceptors (Lipinski definition) is 4. The number of benzene rings is 2. The second kappa shape index (κ2) is 10.8. The van der Waals surface area contributed by atoms with Gasteiger partial charge in [-0.25, -0.2) is 13.1 Å². The molecule has 0 saturated heterocycles. The second-order valence-electron chi connectivity index (χ2n) is 6.27. The Balaban J connectivity index is 2.09. The standard InChI is InChI=1S/C20H24INO4S/c1-2-3-13-27(24,25)22-19(14-16-9-11-18(21)12-10-16)20(23)26-15-17-7-5-4-6-8-17/h4-12,19,22H,2-3,13-15H2,1H3. The highest BCUT2D eigenvalue weighted by Crippen LogP contribution is 2.11. The van der Waals surface area contributed by atoms with E-state index in [-0.39, 0.29) is 18.8 Å². The van der Waals surface area contributed by atoms with E-state index < -0.39 is 22.0 Å². The maximum absolute atomic E-state index is 12.6. The molecule has 0 radical (unpaired) electrons. The molecule has 1 unspecified atom stereocenters. The molecule has 2 rings (SSSR count). The Hall–Kier alpha value is -1.45. The maximum atomic E-state index is 12.6. The number of carbonyl (C=O) groups is 1. The average molecular weight is 501 g/mol. The van der Waals surface area contributed by atoms with E-state index in [0.717, 1.165) is 21.1 Å². The van der Waals surface area contributed by atoms with Gasteiger partial charge in [-0.15, -0.1) is 0 Å². The van der Waals surface area contributed by atoms with Crippen LogP contribution in [0, 0.1) is 3.57 Å². The van der Waals surface area contributed by atoms with Gasteiger partial charge in [-0.1, -0.05) is 55.8 Å². The molecule has 0 spiro atoms. The van der Waals surface area contributed by atoms with E-state index in [1.54, 1.807) is 0 Å². The van der Waals surface area contributed by atoms with Crippen molar-refractivity contribution in [2.45, 2.75) is 38.8 Å². The van der Waals surface area contributed by atoms with Gasteiger partial charge in [-0.3, -0.25) is 4.79 Å². The highest BCUT2D eigenvalue weighted by atomic mass is 127. The van der Waals surface area contributed by atoms with Gasteiger partial charge in [0.2, 0.25) is 10.0 Å². The van der Waals surface area contributed by atoms with Crippen LogP contribution in [0.15, 0.2) is 54.6 Å². The van der Waals surface area contributed by atoms with E-state index in [2.05, 4.69) is 27.3 Å². The smallest absolute Gasteiger partial charge is 0.324 e. The van der Waals surface area contributed by atoms with E-state index in [1.807, 2.05) is 61.5 Å². The number of halogens is 1. The Morgan fingerprint density at radius 3 is 2.37 bits per heavy atom. The van der Waals surface area contributed by atoms with E-state index in [0.29, 0.717) is 6.42 Å². The number of sulfonamides is 1. The molecule has 7 heteroatoms. The predicted molar refractivity (Wildman–Crippen MR) is 115 cm³/mol. The van der Waals surface area contributed by atoms with E-state index in [4.69, 9.17) is 4.74 Å². The molecule has 0 aliphatic heterocycles. The molecule has 0 aromatic heterocycles. The summed E-state index contributed by atoms with van der Waals surface area (Å²) in [6.07, 6.45) is 1.56. The Morgan fingerprint density at radius 2 is 1.74 bits per heavy atom. The lowest BCUT2D eigenvalue weighted by Crippen LogP contribution is -2.44. The Bertz CT molecular complexity index is 823. The first-order valence-electron chi connectivity index (χ1n) is 8.84. The third-order valence-corrected chi connectivity index (χ3v) is 6.14. The molecule has 146 valence electrons. The molecular weight excluding hydrogens is 477 g/mol. The van der Waals surface area contributed by atoms with Crippen molar-refractivity contribution < 1.29 is 17.9 Å². The zero-order valence-electron chi connectivity index (χ0n) is 15.2. The monoisotopic (exact) mass is 501 g/mol. The van der Waals surface area contributed by atoms with E-state index >= 15 is 0 Å². The molecule has 0 bridgehead atoms. The van der Waals surface area contributed by atoms with Crippen LogP contribution >= 0.6 is 22.6 Å². The van der Waals surface area contributed by atoms with Crippen LogP contribution in [0.3, 0.4) is 0 Å². The van der Waals surface area contributed by atoms with Crippen molar-refractivity contribution in [2.24, 2.45) is 0 Å². The van der Waals surface area contributed by atoms with Crippen molar-refractivity contribution in [2.75, 3.05) is 5.75 Å². The summed E-state index contributed by atoms with van der Waals surface area (Å²) in [5.74, 6) is -0.573. The van der Waals surface area contributed by atoms with Crippen molar-refractivity contribution in [1.82, 2.24) is 4.72 Å². The fourth-order valence-corrected chi connectivity index (χ4v) is 4.23. The molecule has 0 aliphatic rings. The van der Waals surface area contributed by atoms with Crippen LogP contribution in [0.5, 0.6) is 0 Å². The topological polar surface area (TPSA) is 72.5 Å². The summed E-state index contributed by atoms with van der Waals surface area (Å²) < 4.78 is 33.6. The van der Waals surface area contributed by atoms with Gasteiger partial charge in [0, 0.05) is 3.57 Å². The van der Waals surface area contributed by atoms with Crippen molar-refractivity contribution in [1.29, 1.82) is 0 Å². The number of rotatable bonds is 10. The van der Waals surface area contributed by atoms with Crippen LogP contribution in [-0.2, 0) is 32.6 Å². The summed E-state index contributed by atoms with van der Waals surface area (Å²) in [5, 5.41) is 0. The largest absolute Gasteiger partial charge is 0.460 e. The maximum Gasteiger partial charge on any atom is 0.324 e. The van der Waals surface area contributed by atoms with Crippen LogP contribution < -0.4 is 4.72 Å². The molecule has 0 saturated carbocycles. The Labute approximate surface area is 174 Å². The SMILES string of the molecule is CCCCS(=O)(=O)NC(Cc1ccc(I)cc1)C(=O)OCc1ccccc1. The molecule has 0 fully saturated rings. The van der Waals surface area contributed by atoms with Gasteiger partial charge in [0.25, 0.3) is 0 Å². The van der Waals surface area contributed by atoms with Gasteiger partial charge in [0.05, 0.1) is 5.75 Å². The number of esters is 1.